The first kappa shape index (κ1) is 12.3. The highest BCUT2D eigenvalue weighted by Crippen LogP contribution is 2.12. The maximum absolute atomic E-state index is 5.53. The van der Waals surface area contributed by atoms with Gasteiger partial charge in [-0.15, -0.1) is 5.10 Å². The molecule has 1 saturated heterocycles. The first-order chi connectivity index (χ1) is 8.24. The Kier molecular flexibility index (Phi) is 4.28. The smallest absolute Gasteiger partial charge is 0.233 e. The quantitative estimate of drug-likeness (QED) is 0.800. The average molecular weight is 237 g/mol. The van der Waals surface area contributed by atoms with Crippen molar-refractivity contribution < 1.29 is 9.47 Å². The summed E-state index contributed by atoms with van der Waals surface area (Å²) in [5.41, 5.74) is 0.933. The van der Waals surface area contributed by atoms with Crippen molar-refractivity contribution in [2.75, 3.05) is 19.8 Å². The van der Waals surface area contributed by atoms with Crippen LogP contribution in [0.1, 0.15) is 19.5 Å². The summed E-state index contributed by atoms with van der Waals surface area (Å²) in [5.74, 6) is 1.22. The largest absolute Gasteiger partial charge is 0.468 e. The zero-order valence-corrected chi connectivity index (χ0v) is 10.3. The van der Waals surface area contributed by atoms with E-state index in [2.05, 4.69) is 29.4 Å². The van der Waals surface area contributed by atoms with Crippen LogP contribution in [0, 0.1) is 5.92 Å². The molecule has 1 aliphatic heterocycles. The average Bonchev–Trinajstić information content (AvgIpc) is 2.25. The van der Waals surface area contributed by atoms with E-state index in [0.717, 1.165) is 18.8 Å². The van der Waals surface area contributed by atoms with Crippen LogP contribution in [0.3, 0.4) is 0 Å². The number of ether oxygens (including phenoxy) is 2. The summed E-state index contributed by atoms with van der Waals surface area (Å²) >= 11 is 0. The SMILES string of the molecule is CC(C)CNCc1ccc(OC2COC2)nn1. The number of hydrogen-bond donors (Lipinski definition) is 1. The second-order valence-corrected chi connectivity index (χ2v) is 4.66. The molecule has 0 unspecified atom stereocenters. The van der Waals surface area contributed by atoms with E-state index in [4.69, 9.17) is 9.47 Å². The summed E-state index contributed by atoms with van der Waals surface area (Å²) in [6.07, 6.45) is 0.147. The first-order valence-corrected chi connectivity index (χ1v) is 6.02. The van der Waals surface area contributed by atoms with E-state index in [-0.39, 0.29) is 6.10 Å². The van der Waals surface area contributed by atoms with Gasteiger partial charge in [-0.2, -0.15) is 5.10 Å². The van der Waals surface area contributed by atoms with Crippen LogP contribution in [-0.4, -0.2) is 36.1 Å². The van der Waals surface area contributed by atoms with Gasteiger partial charge in [0, 0.05) is 12.6 Å². The Morgan fingerprint density at radius 1 is 1.41 bits per heavy atom. The molecule has 1 aliphatic rings. The minimum absolute atomic E-state index is 0.147. The van der Waals surface area contributed by atoms with Crippen LogP contribution in [0.2, 0.25) is 0 Å². The van der Waals surface area contributed by atoms with Gasteiger partial charge in [0.05, 0.1) is 18.9 Å². The Morgan fingerprint density at radius 2 is 2.24 bits per heavy atom. The van der Waals surface area contributed by atoms with Crippen molar-refractivity contribution in [1.29, 1.82) is 0 Å². The van der Waals surface area contributed by atoms with Gasteiger partial charge < -0.3 is 14.8 Å². The Hall–Kier alpha value is -1.20. The van der Waals surface area contributed by atoms with E-state index in [9.17, 15) is 0 Å². The van der Waals surface area contributed by atoms with E-state index in [1.54, 1.807) is 0 Å². The van der Waals surface area contributed by atoms with Crippen LogP contribution in [0.25, 0.3) is 0 Å². The zero-order valence-electron chi connectivity index (χ0n) is 10.3. The van der Waals surface area contributed by atoms with Gasteiger partial charge in [0.1, 0.15) is 6.10 Å². The third-order valence-corrected chi connectivity index (χ3v) is 2.45. The second kappa shape index (κ2) is 5.93. The summed E-state index contributed by atoms with van der Waals surface area (Å²) in [7, 11) is 0. The maximum atomic E-state index is 5.53. The third-order valence-electron chi connectivity index (χ3n) is 2.45. The van der Waals surface area contributed by atoms with Crippen LogP contribution in [-0.2, 0) is 11.3 Å². The topological polar surface area (TPSA) is 56.3 Å². The minimum atomic E-state index is 0.147. The van der Waals surface area contributed by atoms with E-state index in [0.29, 0.717) is 25.0 Å². The van der Waals surface area contributed by atoms with Gasteiger partial charge in [0.25, 0.3) is 0 Å². The summed E-state index contributed by atoms with van der Waals surface area (Å²) in [6.45, 7) is 7.39. The highest BCUT2D eigenvalue weighted by atomic mass is 16.6. The molecule has 0 aliphatic carbocycles. The van der Waals surface area contributed by atoms with Crippen LogP contribution in [0.4, 0.5) is 0 Å². The molecule has 2 heterocycles. The van der Waals surface area contributed by atoms with Crippen molar-refractivity contribution in [3.63, 3.8) is 0 Å². The fraction of sp³-hybridized carbons (Fsp3) is 0.667. The summed E-state index contributed by atoms with van der Waals surface area (Å²) in [4.78, 5) is 0. The summed E-state index contributed by atoms with van der Waals surface area (Å²) in [6, 6.07) is 3.80. The molecule has 94 valence electrons. The Morgan fingerprint density at radius 3 is 2.76 bits per heavy atom. The van der Waals surface area contributed by atoms with Gasteiger partial charge in [-0.1, -0.05) is 13.8 Å². The molecule has 0 bridgehead atoms. The molecule has 1 N–H and O–H groups in total. The van der Waals surface area contributed by atoms with Gasteiger partial charge in [0.2, 0.25) is 5.88 Å². The third kappa shape index (κ3) is 3.94. The number of hydrogen-bond acceptors (Lipinski definition) is 5. The molecule has 1 aromatic rings. The number of nitrogens with zero attached hydrogens (tertiary/aromatic N) is 2. The molecule has 1 fully saturated rings. The van der Waals surface area contributed by atoms with E-state index >= 15 is 0 Å². The minimum Gasteiger partial charge on any atom is -0.468 e. The van der Waals surface area contributed by atoms with Crippen LogP contribution in [0.15, 0.2) is 12.1 Å². The van der Waals surface area contributed by atoms with E-state index < -0.39 is 0 Å². The van der Waals surface area contributed by atoms with Gasteiger partial charge >= 0.3 is 0 Å². The Bertz CT molecular complexity index is 336. The molecule has 5 heteroatoms. The molecular weight excluding hydrogens is 218 g/mol. The molecule has 2 rings (SSSR count). The van der Waals surface area contributed by atoms with Crippen molar-refractivity contribution >= 4 is 0 Å². The molecule has 0 atom stereocenters. The molecule has 0 aromatic carbocycles. The van der Waals surface area contributed by atoms with Crippen LogP contribution in [0.5, 0.6) is 5.88 Å². The maximum Gasteiger partial charge on any atom is 0.233 e. The molecule has 0 spiro atoms. The lowest BCUT2D eigenvalue weighted by Crippen LogP contribution is -2.38. The molecule has 17 heavy (non-hydrogen) atoms. The molecule has 5 nitrogen and oxygen atoms in total. The van der Waals surface area contributed by atoms with Crippen molar-refractivity contribution in [2.24, 2.45) is 5.92 Å². The summed E-state index contributed by atoms with van der Waals surface area (Å²) < 4.78 is 10.6. The lowest BCUT2D eigenvalue weighted by molar-refractivity contribution is -0.0816. The predicted octanol–water partition coefficient (Wildman–Crippen LogP) is 1.000. The van der Waals surface area contributed by atoms with Gasteiger partial charge in [-0.3, -0.25) is 0 Å². The van der Waals surface area contributed by atoms with E-state index in [1.807, 2.05) is 12.1 Å². The predicted molar refractivity (Wildman–Crippen MR) is 63.8 cm³/mol. The lowest BCUT2D eigenvalue weighted by Gasteiger charge is -2.25. The van der Waals surface area contributed by atoms with Crippen molar-refractivity contribution in [2.45, 2.75) is 26.5 Å². The number of aromatic nitrogens is 2. The summed E-state index contributed by atoms with van der Waals surface area (Å²) in [5, 5.41) is 11.5. The van der Waals surface area contributed by atoms with Crippen molar-refractivity contribution in [3.05, 3.63) is 17.8 Å². The first-order valence-electron chi connectivity index (χ1n) is 6.02. The van der Waals surface area contributed by atoms with Crippen molar-refractivity contribution in [3.8, 4) is 5.88 Å². The van der Waals surface area contributed by atoms with Crippen molar-refractivity contribution in [1.82, 2.24) is 15.5 Å². The highest BCUT2D eigenvalue weighted by Gasteiger charge is 2.20. The monoisotopic (exact) mass is 237 g/mol. The van der Waals surface area contributed by atoms with Gasteiger partial charge in [-0.25, -0.2) is 0 Å². The Balaban J connectivity index is 1.76. The fourth-order valence-electron chi connectivity index (χ4n) is 1.45. The van der Waals surface area contributed by atoms with Crippen LogP contribution >= 0.6 is 0 Å². The van der Waals surface area contributed by atoms with E-state index in [1.165, 1.54) is 0 Å². The van der Waals surface area contributed by atoms with Gasteiger partial charge in [0.15, 0.2) is 0 Å². The molecule has 0 radical (unpaired) electrons. The zero-order chi connectivity index (χ0) is 12.1. The standard InChI is InChI=1S/C12H19N3O2/c1-9(2)5-13-6-10-3-4-12(15-14-10)17-11-7-16-8-11/h3-4,9,11,13H,5-8H2,1-2H3. The molecular formula is C12H19N3O2. The van der Waals surface area contributed by atoms with Crippen LogP contribution < -0.4 is 10.1 Å². The number of nitrogens with one attached hydrogen (secondary N) is 1. The molecule has 1 aromatic heterocycles. The molecule has 0 saturated carbocycles. The highest BCUT2D eigenvalue weighted by molar-refractivity contribution is 5.12. The second-order valence-electron chi connectivity index (χ2n) is 4.66. The lowest BCUT2D eigenvalue weighted by atomic mass is 10.2. The number of rotatable bonds is 6. The fourth-order valence-corrected chi connectivity index (χ4v) is 1.45. The molecule has 0 amide bonds. The normalized spacial score (nSPS) is 15.9. The van der Waals surface area contributed by atoms with Gasteiger partial charge in [-0.05, 0) is 18.5 Å². The Labute approximate surface area is 102 Å².